The van der Waals surface area contributed by atoms with Crippen LogP contribution in [-0.2, 0) is 16.0 Å². The van der Waals surface area contributed by atoms with Crippen molar-refractivity contribution in [3.8, 4) is 0 Å². The molecule has 20 heavy (non-hydrogen) atoms. The SMILES string of the molecule is CNC(=O)C(=O)NCC(O)c1ccc2c(c1)CCN2C. The van der Waals surface area contributed by atoms with E-state index in [-0.39, 0.29) is 6.54 Å². The Labute approximate surface area is 117 Å². The Balaban J connectivity index is 1.98. The Bertz CT molecular complexity index is 530. The van der Waals surface area contributed by atoms with E-state index in [2.05, 4.69) is 15.5 Å². The Hall–Kier alpha value is -2.08. The summed E-state index contributed by atoms with van der Waals surface area (Å²) in [5.41, 5.74) is 3.12. The highest BCUT2D eigenvalue weighted by atomic mass is 16.3. The summed E-state index contributed by atoms with van der Waals surface area (Å²) in [5, 5.41) is 14.7. The van der Waals surface area contributed by atoms with Crippen LogP contribution in [0, 0.1) is 0 Å². The second-order valence-corrected chi connectivity index (χ2v) is 4.86. The van der Waals surface area contributed by atoms with Crippen molar-refractivity contribution in [1.82, 2.24) is 10.6 Å². The largest absolute Gasteiger partial charge is 0.387 e. The average molecular weight is 277 g/mol. The summed E-state index contributed by atoms with van der Waals surface area (Å²) in [4.78, 5) is 24.5. The molecule has 6 nitrogen and oxygen atoms in total. The third-order valence-corrected chi connectivity index (χ3v) is 3.51. The van der Waals surface area contributed by atoms with Gasteiger partial charge >= 0.3 is 11.8 Å². The van der Waals surface area contributed by atoms with E-state index in [1.54, 1.807) is 0 Å². The highest BCUT2D eigenvalue weighted by Gasteiger charge is 2.19. The van der Waals surface area contributed by atoms with Crippen LogP contribution >= 0.6 is 0 Å². The molecule has 0 bridgehead atoms. The van der Waals surface area contributed by atoms with Crippen LogP contribution in [0.1, 0.15) is 17.2 Å². The molecule has 1 atom stereocenters. The summed E-state index contributed by atoms with van der Waals surface area (Å²) >= 11 is 0. The number of carbonyl (C=O) groups is 2. The maximum Gasteiger partial charge on any atom is 0.309 e. The van der Waals surface area contributed by atoms with Gasteiger partial charge in [-0.1, -0.05) is 12.1 Å². The van der Waals surface area contributed by atoms with Crippen LogP contribution in [0.25, 0.3) is 0 Å². The fourth-order valence-electron chi connectivity index (χ4n) is 2.29. The van der Waals surface area contributed by atoms with Crippen LogP contribution in [0.15, 0.2) is 18.2 Å². The number of amides is 2. The monoisotopic (exact) mass is 277 g/mol. The number of nitrogens with zero attached hydrogens (tertiary/aromatic N) is 1. The lowest BCUT2D eigenvalue weighted by molar-refractivity contribution is -0.139. The molecule has 2 rings (SSSR count). The van der Waals surface area contributed by atoms with Gasteiger partial charge in [0.15, 0.2) is 0 Å². The lowest BCUT2D eigenvalue weighted by Gasteiger charge is -2.15. The van der Waals surface area contributed by atoms with Crippen molar-refractivity contribution in [2.45, 2.75) is 12.5 Å². The first-order valence-electron chi connectivity index (χ1n) is 6.55. The molecule has 1 heterocycles. The molecular formula is C14H19N3O3. The molecule has 6 heteroatoms. The van der Waals surface area contributed by atoms with E-state index in [0.717, 1.165) is 18.5 Å². The standard InChI is InChI=1S/C14H19N3O3/c1-15-13(19)14(20)16-8-12(18)10-3-4-11-9(7-10)5-6-17(11)2/h3-4,7,12,18H,5-6,8H2,1-2H3,(H,15,19)(H,16,20). The van der Waals surface area contributed by atoms with Gasteiger partial charge in [-0.2, -0.15) is 0 Å². The van der Waals surface area contributed by atoms with Gasteiger partial charge in [-0.15, -0.1) is 0 Å². The van der Waals surface area contributed by atoms with Crippen molar-refractivity contribution in [2.24, 2.45) is 0 Å². The summed E-state index contributed by atoms with van der Waals surface area (Å²) < 4.78 is 0. The molecule has 1 aliphatic heterocycles. The first-order valence-corrected chi connectivity index (χ1v) is 6.55. The topological polar surface area (TPSA) is 81.7 Å². The molecule has 0 radical (unpaired) electrons. The molecule has 0 fully saturated rings. The number of aliphatic hydroxyl groups excluding tert-OH is 1. The van der Waals surface area contributed by atoms with Gasteiger partial charge in [0.2, 0.25) is 0 Å². The van der Waals surface area contributed by atoms with Gasteiger partial charge in [0.1, 0.15) is 0 Å². The van der Waals surface area contributed by atoms with Crippen molar-refractivity contribution >= 4 is 17.5 Å². The first kappa shape index (κ1) is 14.3. The molecule has 0 aliphatic carbocycles. The predicted molar refractivity (Wildman–Crippen MR) is 75.5 cm³/mol. The van der Waals surface area contributed by atoms with Gasteiger partial charge in [-0.3, -0.25) is 9.59 Å². The number of fused-ring (bicyclic) bond motifs is 1. The maximum atomic E-state index is 11.3. The lowest BCUT2D eigenvalue weighted by Crippen LogP contribution is -2.39. The van der Waals surface area contributed by atoms with Crippen LogP contribution in [0.5, 0.6) is 0 Å². The Morgan fingerprint density at radius 3 is 2.85 bits per heavy atom. The first-order chi connectivity index (χ1) is 9.52. The molecule has 0 saturated carbocycles. The van der Waals surface area contributed by atoms with Gasteiger partial charge in [-0.25, -0.2) is 0 Å². The predicted octanol–water partition coefficient (Wildman–Crippen LogP) is -0.425. The van der Waals surface area contributed by atoms with E-state index < -0.39 is 17.9 Å². The molecule has 1 unspecified atom stereocenters. The molecule has 3 N–H and O–H groups in total. The highest BCUT2D eigenvalue weighted by Crippen LogP contribution is 2.29. The van der Waals surface area contributed by atoms with Crippen LogP contribution in [0.3, 0.4) is 0 Å². The van der Waals surface area contributed by atoms with Crippen LogP contribution in [-0.4, -0.2) is 44.1 Å². The van der Waals surface area contributed by atoms with Crippen molar-refractivity contribution < 1.29 is 14.7 Å². The fourth-order valence-corrected chi connectivity index (χ4v) is 2.29. The van der Waals surface area contributed by atoms with Gasteiger partial charge < -0.3 is 20.6 Å². The van der Waals surface area contributed by atoms with Crippen LogP contribution in [0.2, 0.25) is 0 Å². The molecule has 1 aromatic carbocycles. The molecule has 2 amide bonds. The van der Waals surface area contributed by atoms with Crippen molar-refractivity contribution in [3.05, 3.63) is 29.3 Å². The van der Waals surface area contributed by atoms with Gasteiger partial charge in [0.05, 0.1) is 6.10 Å². The molecule has 1 aromatic rings. The minimum atomic E-state index is -0.820. The van der Waals surface area contributed by atoms with Crippen LogP contribution < -0.4 is 15.5 Å². The van der Waals surface area contributed by atoms with E-state index in [9.17, 15) is 14.7 Å². The number of nitrogens with one attached hydrogen (secondary N) is 2. The molecule has 1 aliphatic rings. The van der Waals surface area contributed by atoms with E-state index in [4.69, 9.17) is 0 Å². The Morgan fingerprint density at radius 1 is 1.40 bits per heavy atom. The number of anilines is 1. The molecule has 0 saturated heterocycles. The number of carbonyl (C=O) groups excluding carboxylic acids is 2. The van der Waals surface area contributed by atoms with Crippen molar-refractivity contribution in [3.63, 3.8) is 0 Å². The normalized spacial score (nSPS) is 14.7. The number of hydrogen-bond donors (Lipinski definition) is 3. The third kappa shape index (κ3) is 2.91. The third-order valence-electron chi connectivity index (χ3n) is 3.51. The number of likely N-dealkylation sites (N-methyl/N-ethyl adjacent to an activating group) is 2. The zero-order valence-electron chi connectivity index (χ0n) is 11.6. The molecular weight excluding hydrogens is 258 g/mol. The number of benzene rings is 1. The quantitative estimate of drug-likeness (QED) is 0.655. The number of hydrogen-bond acceptors (Lipinski definition) is 4. The summed E-state index contributed by atoms with van der Waals surface area (Å²) in [6.45, 7) is 0.989. The Kier molecular flexibility index (Phi) is 4.24. The second-order valence-electron chi connectivity index (χ2n) is 4.86. The maximum absolute atomic E-state index is 11.3. The van der Waals surface area contributed by atoms with Crippen molar-refractivity contribution in [1.29, 1.82) is 0 Å². The summed E-state index contributed by atoms with van der Waals surface area (Å²) in [6.07, 6.45) is 0.136. The highest BCUT2D eigenvalue weighted by molar-refractivity contribution is 6.35. The zero-order chi connectivity index (χ0) is 14.7. The smallest absolute Gasteiger partial charge is 0.309 e. The van der Waals surface area contributed by atoms with Crippen LogP contribution in [0.4, 0.5) is 5.69 Å². The summed E-state index contributed by atoms with van der Waals surface area (Å²) in [5.74, 6) is -1.46. The fraction of sp³-hybridized carbons (Fsp3) is 0.429. The lowest BCUT2D eigenvalue weighted by atomic mass is 10.0. The van der Waals surface area contributed by atoms with Gasteiger partial charge in [0, 0.05) is 32.9 Å². The minimum Gasteiger partial charge on any atom is -0.387 e. The summed E-state index contributed by atoms with van der Waals surface area (Å²) in [6, 6.07) is 5.77. The van der Waals surface area contributed by atoms with E-state index in [0.29, 0.717) is 0 Å². The minimum absolute atomic E-state index is 0.0148. The van der Waals surface area contributed by atoms with Gasteiger partial charge in [0.25, 0.3) is 0 Å². The van der Waals surface area contributed by atoms with Crippen molar-refractivity contribution in [2.75, 3.05) is 32.1 Å². The van der Waals surface area contributed by atoms with E-state index in [1.165, 1.54) is 18.3 Å². The number of aliphatic hydroxyl groups is 1. The summed E-state index contributed by atoms with van der Waals surface area (Å²) in [7, 11) is 3.42. The van der Waals surface area contributed by atoms with Gasteiger partial charge in [-0.05, 0) is 23.6 Å². The molecule has 0 aromatic heterocycles. The molecule has 0 spiro atoms. The average Bonchev–Trinajstić information content (AvgIpc) is 2.84. The number of rotatable bonds is 3. The Morgan fingerprint density at radius 2 is 2.15 bits per heavy atom. The second kappa shape index (κ2) is 5.92. The zero-order valence-corrected chi connectivity index (χ0v) is 11.6. The van der Waals surface area contributed by atoms with E-state index >= 15 is 0 Å². The van der Waals surface area contributed by atoms with E-state index in [1.807, 2.05) is 25.2 Å². The molecule has 108 valence electrons.